The largest absolute Gasteiger partial charge is 0.481 e. The molecule has 0 radical (unpaired) electrons. The van der Waals surface area contributed by atoms with Crippen molar-refractivity contribution in [2.45, 2.75) is 32.6 Å². The average molecular weight is 359 g/mol. The number of carboxylic acids is 1. The van der Waals surface area contributed by atoms with Crippen molar-refractivity contribution in [2.75, 3.05) is 13.1 Å². The number of piperidine rings is 1. The predicted octanol–water partition coefficient (Wildman–Crippen LogP) is 3.04. The van der Waals surface area contributed by atoms with Crippen LogP contribution in [0.2, 0.25) is 0 Å². The third-order valence-electron chi connectivity index (χ3n) is 4.88. The van der Waals surface area contributed by atoms with Gasteiger partial charge in [-0.15, -0.1) is 0 Å². The van der Waals surface area contributed by atoms with Crippen molar-refractivity contribution >= 4 is 11.9 Å². The molecule has 1 aliphatic rings. The van der Waals surface area contributed by atoms with Gasteiger partial charge in [0.25, 0.3) is 5.91 Å². The van der Waals surface area contributed by atoms with Gasteiger partial charge in [0, 0.05) is 19.5 Å². The number of likely N-dealkylation sites (tertiary alicyclic amines) is 1. The SMILES string of the molecule is Cc1c(C(=O)N2CCCC(CCC(=O)O)C2)cnn1-c1ccc(F)cc1. The predicted molar refractivity (Wildman–Crippen MR) is 93.8 cm³/mol. The summed E-state index contributed by atoms with van der Waals surface area (Å²) in [5.41, 5.74) is 1.92. The first-order chi connectivity index (χ1) is 12.5. The van der Waals surface area contributed by atoms with Gasteiger partial charge in [0.1, 0.15) is 5.82 Å². The fourth-order valence-corrected chi connectivity index (χ4v) is 3.45. The first kappa shape index (κ1) is 18.1. The third-order valence-corrected chi connectivity index (χ3v) is 4.88. The molecule has 1 fully saturated rings. The molecule has 6 nitrogen and oxygen atoms in total. The van der Waals surface area contributed by atoms with Crippen LogP contribution in [0, 0.1) is 18.7 Å². The highest BCUT2D eigenvalue weighted by molar-refractivity contribution is 5.95. The fourth-order valence-electron chi connectivity index (χ4n) is 3.45. The topological polar surface area (TPSA) is 75.4 Å². The lowest BCUT2D eigenvalue weighted by Crippen LogP contribution is -2.40. The number of carbonyl (C=O) groups is 2. The second-order valence-electron chi connectivity index (χ2n) is 6.72. The Balaban J connectivity index is 1.73. The van der Waals surface area contributed by atoms with Gasteiger partial charge in [-0.1, -0.05) is 0 Å². The monoisotopic (exact) mass is 359 g/mol. The average Bonchev–Trinajstić information content (AvgIpc) is 3.02. The second kappa shape index (κ2) is 7.68. The van der Waals surface area contributed by atoms with Crippen molar-refractivity contribution in [3.8, 4) is 5.69 Å². The maximum Gasteiger partial charge on any atom is 0.303 e. The van der Waals surface area contributed by atoms with Crippen LogP contribution < -0.4 is 0 Å². The summed E-state index contributed by atoms with van der Waals surface area (Å²) in [7, 11) is 0. The van der Waals surface area contributed by atoms with Crippen LogP contribution in [-0.4, -0.2) is 44.8 Å². The fraction of sp³-hybridized carbons (Fsp3) is 0.421. The van der Waals surface area contributed by atoms with Crippen LogP contribution in [0.4, 0.5) is 4.39 Å². The Morgan fingerprint density at radius 1 is 1.31 bits per heavy atom. The lowest BCUT2D eigenvalue weighted by Gasteiger charge is -2.32. The van der Waals surface area contributed by atoms with E-state index in [1.165, 1.54) is 12.1 Å². The highest BCUT2D eigenvalue weighted by atomic mass is 19.1. The molecule has 138 valence electrons. The van der Waals surface area contributed by atoms with Gasteiger partial charge in [0.2, 0.25) is 0 Å². The number of amides is 1. The molecule has 1 aromatic carbocycles. The van der Waals surface area contributed by atoms with Crippen LogP contribution in [0.25, 0.3) is 5.69 Å². The Labute approximate surface area is 151 Å². The standard InChI is InChI=1S/C19H22FN3O3/c1-13-17(11-21-23(13)16-7-5-15(20)6-8-16)19(26)22-10-2-3-14(12-22)4-9-18(24)25/h5-8,11,14H,2-4,9-10,12H2,1H3,(H,24,25). The Bertz CT molecular complexity index is 801. The minimum absolute atomic E-state index is 0.0871. The van der Waals surface area contributed by atoms with Crippen molar-refractivity contribution in [2.24, 2.45) is 5.92 Å². The summed E-state index contributed by atoms with van der Waals surface area (Å²) in [6.45, 7) is 3.06. The molecule has 1 N–H and O–H groups in total. The van der Waals surface area contributed by atoms with Crippen molar-refractivity contribution < 1.29 is 19.1 Å². The maximum absolute atomic E-state index is 13.1. The van der Waals surface area contributed by atoms with E-state index in [1.54, 1.807) is 27.9 Å². The molecule has 0 bridgehead atoms. The quantitative estimate of drug-likeness (QED) is 0.890. The molecule has 7 heteroatoms. The molecule has 3 rings (SSSR count). The van der Waals surface area contributed by atoms with Gasteiger partial charge in [-0.3, -0.25) is 9.59 Å². The van der Waals surface area contributed by atoms with E-state index in [9.17, 15) is 14.0 Å². The molecule has 1 unspecified atom stereocenters. The number of hydrogen-bond donors (Lipinski definition) is 1. The normalized spacial score (nSPS) is 17.3. The maximum atomic E-state index is 13.1. The van der Waals surface area contributed by atoms with Crippen LogP contribution in [0.1, 0.15) is 41.7 Å². The molecule has 1 aliphatic heterocycles. The molecule has 26 heavy (non-hydrogen) atoms. The van der Waals surface area contributed by atoms with Crippen molar-refractivity contribution in [3.05, 3.63) is 47.5 Å². The highest BCUT2D eigenvalue weighted by Gasteiger charge is 2.27. The molecule has 2 heterocycles. The lowest BCUT2D eigenvalue weighted by atomic mass is 9.93. The van der Waals surface area contributed by atoms with Gasteiger partial charge in [-0.25, -0.2) is 9.07 Å². The zero-order chi connectivity index (χ0) is 18.7. The van der Waals surface area contributed by atoms with Gasteiger partial charge in [0.05, 0.1) is 23.1 Å². The zero-order valence-corrected chi connectivity index (χ0v) is 14.7. The molecule has 0 spiro atoms. The van der Waals surface area contributed by atoms with Crippen molar-refractivity contribution in [1.29, 1.82) is 0 Å². The number of rotatable bonds is 5. The van der Waals surface area contributed by atoms with Crippen molar-refractivity contribution in [3.63, 3.8) is 0 Å². The number of carboxylic acid groups (broad SMARTS) is 1. The first-order valence-electron chi connectivity index (χ1n) is 8.77. The molecule has 0 saturated carbocycles. The third kappa shape index (κ3) is 3.92. The first-order valence-corrected chi connectivity index (χ1v) is 8.77. The zero-order valence-electron chi connectivity index (χ0n) is 14.7. The summed E-state index contributed by atoms with van der Waals surface area (Å²) in [5.74, 6) is -0.993. The van der Waals surface area contributed by atoms with Gasteiger partial charge < -0.3 is 10.0 Å². The van der Waals surface area contributed by atoms with E-state index < -0.39 is 5.97 Å². The Hall–Kier alpha value is -2.70. The second-order valence-corrected chi connectivity index (χ2v) is 6.72. The van der Waals surface area contributed by atoms with Crippen LogP contribution in [0.5, 0.6) is 0 Å². The number of aromatic nitrogens is 2. The summed E-state index contributed by atoms with van der Waals surface area (Å²) in [4.78, 5) is 25.5. The van der Waals surface area contributed by atoms with E-state index in [4.69, 9.17) is 5.11 Å². The molecular weight excluding hydrogens is 337 g/mol. The number of aliphatic carboxylic acids is 1. The van der Waals surface area contributed by atoms with Crippen LogP contribution in [-0.2, 0) is 4.79 Å². The number of carbonyl (C=O) groups excluding carboxylic acids is 1. The van der Waals surface area contributed by atoms with Crippen molar-refractivity contribution in [1.82, 2.24) is 14.7 Å². The number of nitrogens with zero attached hydrogens (tertiary/aromatic N) is 3. The van der Waals surface area contributed by atoms with E-state index in [0.717, 1.165) is 12.8 Å². The van der Waals surface area contributed by atoms with Crippen LogP contribution >= 0.6 is 0 Å². The van der Waals surface area contributed by atoms with Gasteiger partial charge in [0.15, 0.2) is 0 Å². The minimum atomic E-state index is -0.801. The van der Waals surface area contributed by atoms with Crippen LogP contribution in [0.15, 0.2) is 30.5 Å². The molecule has 0 aliphatic carbocycles. The summed E-state index contributed by atoms with van der Waals surface area (Å²) in [5, 5.41) is 13.1. The number of halogens is 1. The van der Waals surface area contributed by atoms with E-state index in [-0.39, 0.29) is 24.1 Å². The van der Waals surface area contributed by atoms with E-state index >= 15 is 0 Å². The molecule has 1 aromatic heterocycles. The molecule has 1 amide bonds. The van der Waals surface area contributed by atoms with E-state index in [2.05, 4.69) is 5.10 Å². The lowest BCUT2D eigenvalue weighted by molar-refractivity contribution is -0.137. The minimum Gasteiger partial charge on any atom is -0.481 e. The Morgan fingerprint density at radius 2 is 2.04 bits per heavy atom. The summed E-state index contributed by atoms with van der Waals surface area (Å²) in [6, 6.07) is 5.95. The number of hydrogen-bond acceptors (Lipinski definition) is 3. The Kier molecular flexibility index (Phi) is 5.35. The van der Waals surface area contributed by atoms with Gasteiger partial charge >= 0.3 is 5.97 Å². The van der Waals surface area contributed by atoms with E-state index in [1.807, 2.05) is 6.92 Å². The summed E-state index contributed by atoms with van der Waals surface area (Å²) >= 11 is 0. The summed E-state index contributed by atoms with van der Waals surface area (Å²) < 4.78 is 14.7. The van der Waals surface area contributed by atoms with Crippen LogP contribution in [0.3, 0.4) is 0 Å². The van der Waals surface area contributed by atoms with Gasteiger partial charge in [-0.05, 0) is 56.4 Å². The molecule has 2 aromatic rings. The molecular formula is C19H22FN3O3. The Morgan fingerprint density at radius 3 is 2.73 bits per heavy atom. The smallest absolute Gasteiger partial charge is 0.303 e. The molecule has 1 atom stereocenters. The highest BCUT2D eigenvalue weighted by Crippen LogP contribution is 2.24. The van der Waals surface area contributed by atoms with Gasteiger partial charge in [-0.2, -0.15) is 5.10 Å². The number of benzene rings is 1. The summed E-state index contributed by atoms with van der Waals surface area (Å²) in [6.07, 6.45) is 4.09. The van der Waals surface area contributed by atoms with E-state index in [0.29, 0.717) is 36.5 Å². The molecule has 1 saturated heterocycles.